The molecule has 0 bridgehead atoms. The number of rotatable bonds is 3. The molecule has 1 aromatic carbocycles. The minimum absolute atomic E-state index is 0.0694. The molecule has 1 aromatic rings. The first-order chi connectivity index (χ1) is 10.2. The summed E-state index contributed by atoms with van der Waals surface area (Å²) in [6.07, 6.45) is 3.51. The largest absolute Gasteiger partial charge is 0.449 e. The molecular formula is C18H17NO2. The van der Waals surface area contributed by atoms with E-state index in [4.69, 9.17) is 4.74 Å². The van der Waals surface area contributed by atoms with Crippen LogP contribution in [0.15, 0.2) is 53.5 Å². The van der Waals surface area contributed by atoms with Crippen LogP contribution in [0.4, 0.5) is 4.79 Å². The highest BCUT2D eigenvalue weighted by molar-refractivity contribution is 5.88. The molecular weight excluding hydrogens is 262 g/mol. The Morgan fingerprint density at radius 3 is 3.00 bits per heavy atom. The summed E-state index contributed by atoms with van der Waals surface area (Å²) < 4.78 is 5.38. The van der Waals surface area contributed by atoms with Crippen LogP contribution in [-0.4, -0.2) is 18.7 Å². The summed E-state index contributed by atoms with van der Waals surface area (Å²) in [4.78, 5) is 11.7. The molecule has 0 aromatic heterocycles. The summed E-state index contributed by atoms with van der Waals surface area (Å²) in [5.74, 6) is 0.0694. The Labute approximate surface area is 124 Å². The SMILES string of the molecule is CC(C)NC(=O)OCC1C2=CC=C=C=C2c2ccccc21. The lowest BCUT2D eigenvalue weighted by Gasteiger charge is -2.15. The fourth-order valence-electron chi connectivity index (χ4n) is 2.73. The summed E-state index contributed by atoms with van der Waals surface area (Å²) in [5, 5.41) is 2.74. The van der Waals surface area contributed by atoms with Gasteiger partial charge in [-0.2, -0.15) is 0 Å². The van der Waals surface area contributed by atoms with Gasteiger partial charge in [0.05, 0.1) is 0 Å². The lowest BCUT2D eigenvalue weighted by molar-refractivity contribution is 0.140. The van der Waals surface area contributed by atoms with E-state index in [2.05, 4.69) is 28.9 Å². The van der Waals surface area contributed by atoms with E-state index in [1.165, 1.54) is 5.56 Å². The summed E-state index contributed by atoms with van der Waals surface area (Å²) >= 11 is 0. The van der Waals surface area contributed by atoms with Crippen LogP contribution < -0.4 is 5.32 Å². The predicted molar refractivity (Wildman–Crippen MR) is 81.9 cm³/mol. The van der Waals surface area contributed by atoms with Gasteiger partial charge in [0.25, 0.3) is 0 Å². The normalized spacial score (nSPS) is 18.0. The third kappa shape index (κ3) is 2.57. The molecule has 2 aliphatic rings. The van der Waals surface area contributed by atoms with Gasteiger partial charge in [-0.3, -0.25) is 0 Å². The Bertz CT molecular complexity index is 714. The Morgan fingerprint density at radius 2 is 2.19 bits per heavy atom. The number of allylic oxidation sites excluding steroid dienone is 3. The Kier molecular flexibility index (Phi) is 3.53. The van der Waals surface area contributed by atoms with Gasteiger partial charge in [0.1, 0.15) is 6.61 Å². The Morgan fingerprint density at radius 1 is 1.38 bits per heavy atom. The summed E-state index contributed by atoms with van der Waals surface area (Å²) in [5.41, 5.74) is 10.7. The lowest BCUT2D eigenvalue weighted by atomic mass is 9.97. The molecule has 3 nitrogen and oxygen atoms in total. The fourth-order valence-corrected chi connectivity index (χ4v) is 2.73. The molecule has 1 amide bonds. The van der Waals surface area contributed by atoms with E-state index in [1.807, 2.05) is 38.1 Å². The first-order valence-electron chi connectivity index (χ1n) is 7.11. The monoisotopic (exact) mass is 279 g/mol. The van der Waals surface area contributed by atoms with E-state index >= 15 is 0 Å². The molecule has 0 saturated carbocycles. The topological polar surface area (TPSA) is 38.3 Å². The zero-order valence-corrected chi connectivity index (χ0v) is 12.1. The van der Waals surface area contributed by atoms with E-state index < -0.39 is 0 Å². The Hall–Kier alpha value is -2.47. The van der Waals surface area contributed by atoms with Gasteiger partial charge in [0.15, 0.2) is 0 Å². The third-order valence-corrected chi connectivity index (χ3v) is 3.60. The van der Waals surface area contributed by atoms with Crippen LogP contribution in [0.3, 0.4) is 0 Å². The second-order valence-corrected chi connectivity index (χ2v) is 5.47. The first-order valence-corrected chi connectivity index (χ1v) is 7.11. The summed E-state index contributed by atoms with van der Waals surface area (Å²) in [7, 11) is 0. The molecule has 0 saturated heterocycles. The number of benzene rings is 1. The highest BCUT2D eigenvalue weighted by atomic mass is 16.5. The standard InChI is InChI=1S/C18H17NO2/c1-12(2)19-18(20)21-11-17-15-9-5-3-7-13(15)14-8-4-6-10-16(14)17/h3,5-7,9-10,12,17H,11H2,1-2H3,(H,19,20). The number of fused-ring (bicyclic) bond motifs is 3. The van der Waals surface area contributed by atoms with Crippen LogP contribution >= 0.6 is 0 Å². The number of amides is 1. The molecule has 3 rings (SSSR count). The molecule has 1 unspecified atom stereocenters. The van der Waals surface area contributed by atoms with Crippen molar-refractivity contribution in [1.29, 1.82) is 0 Å². The number of nitrogens with one attached hydrogen (secondary N) is 1. The number of alkyl carbamates (subject to hydrolysis) is 1. The van der Waals surface area contributed by atoms with Crippen molar-refractivity contribution in [2.24, 2.45) is 0 Å². The number of carbonyl (C=O) groups excluding carboxylic acids is 1. The molecule has 3 heteroatoms. The molecule has 1 N–H and O–H groups in total. The molecule has 21 heavy (non-hydrogen) atoms. The van der Waals surface area contributed by atoms with Crippen molar-refractivity contribution in [3.63, 3.8) is 0 Å². The maximum Gasteiger partial charge on any atom is 0.407 e. The summed E-state index contributed by atoms with van der Waals surface area (Å²) in [6.45, 7) is 4.15. The van der Waals surface area contributed by atoms with Crippen molar-refractivity contribution >= 4 is 11.7 Å². The average Bonchev–Trinajstić information content (AvgIpc) is 2.79. The second kappa shape index (κ2) is 5.49. The first kappa shape index (κ1) is 13.5. The number of hydrogen-bond donors (Lipinski definition) is 1. The van der Waals surface area contributed by atoms with E-state index in [-0.39, 0.29) is 18.1 Å². The van der Waals surface area contributed by atoms with Gasteiger partial charge in [0, 0.05) is 17.5 Å². The molecule has 0 aliphatic heterocycles. The highest BCUT2D eigenvalue weighted by Crippen LogP contribution is 2.45. The van der Waals surface area contributed by atoms with Crippen LogP contribution in [0.5, 0.6) is 0 Å². The molecule has 106 valence electrons. The minimum atomic E-state index is -0.373. The average molecular weight is 279 g/mol. The van der Waals surface area contributed by atoms with Crippen molar-refractivity contribution in [3.05, 3.63) is 64.6 Å². The summed E-state index contributed by atoms with van der Waals surface area (Å²) in [6, 6.07) is 8.25. The molecule has 0 radical (unpaired) electrons. The molecule has 0 fully saturated rings. The maximum absolute atomic E-state index is 11.7. The van der Waals surface area contributed by atoms with E-state index in [0.29, 0.717) is 6.61 Å². The van der Waals surface area contributed by atoms with Crippen LogP contribution in [0.1, 0.15) is 30.9 Å². The van der Waals surface area contributed by atoms with Gasteiger partial charge in [0.2, 0.25) is 0 Å². The molecule has 0 heterocycles. The van der Waals surface area contributed by atoms with Gasteiger partial charge in [-0.05, 0) is 42.7 Å². The van der Waals surface area contributed by atoms with Crippen LogP contribution in [0, 0.1) is 0 Å². The number of ether oxygens (including phenoxy) is 1. The quantitative estimate of drug-likeness (QED) is 0.859. The van der Waals surface area contributed by atoms with E-state index in [9.17, 15) is 4.79 Å². The van der Waals surface area contributed by atoms with E-state index in [1.54, 1.807) is 0 Å². The lowest BCUT2D eigenvalue weighted by Crippen LogP contribution is -2.31. The van der Waals surface area contributed by atoms with Crippen molar-refractivity contribution < 1.29 is 9.53 Å². The molecule has 0 spiro atoms. The Balaban J connectivity index is 1.84. The van der Waals surface area contributed by atoms with Gasteiger partial charge in [-0.15, -0.1) is 0 Å². The van der Waals surface area contributed by atoms with Crippen LogP contribution in [0.2, 0.25) is 0 Å². The van der Waals surface area contributed by atoms with Gasteiger partial charge in [-0.1, -0.05) is 35.7 Å². The van der Waals surface area contributed by atoms with Crippen molar-refractivity contribution in [3.8, 4) is 0 Å². The smallest absolute Gasteiger partial charge is 0.407 e. The van der Waals surface area contributed by atoms with Gasteiger partial charge >= 0.3 is 6.09 Å². The predicted octanol–water partition coefficient (Wildman–Crippen LogP) is 3.55. The number of carbonyl (C=O) groups is 1. The molecule has 1 atom stereocenters. The van der Waals surface area contributed by atoms with Crippen molar-refractivity contribution in [2.75, 3.05) is 6.61 Å². The third-order valence-electron chi connectivity index (χ3n) is 3.60. The zero-order valence-electron chi connectivity index (χ0n) is 12.1. The van der Waals surface area contributed by atoms with E-state index in [0.717, 1.165) is 16.7 Å². The van der Waals surface area contributed by atoms with Crippen LogP contribution in [0.25, 0.3) is 5.57 Å². The zero-order chi connectivity index (χ0) is 14.8. The van der Waals surface area contributed by atoms with Gasteiger partial charge < -0.3 is 10.1 Å². The highest BCUT2D eigenvalue weighted by Gasteiger charge is 2.32. The number of hydrogen-bond acceptors (Lipinski definition) is 2. The maximum atomic E-state index is 11.7. The van der Waals surface area contributed by atoms with Gasteiger partial charge in [-0.25, -0.2) is 4.79 Å². The van der Waals surface area contributed by atoms with Crippen LogP contribution in [-0.2, 0) is 4.74 Å². The fraction of sp³-hybridized carbons (Fsp3) is 0.278. The molecule has 2 aliphatic carbocycles. The second-order valence-electron chi connectivity index (χ2n) is 5.47. The minimum Gasteiger partial charge on any atom is -0.449 e. The van der Waals surface area contributed by atoms with Crippen molar-refractivity contribution in [2.45, 2.75) is 25.8 Å². The van der Waals surface area contributed by atoms with Crippen molar-refractivity contribution in [1.82, 2.24) is 5.32 Å².